The fourth-order valence-electron chi connectivity index (χ4n) is 3.81. The number of piperidine rings is 1. The Labute approximate surface area is 181 Å². The van der Waals surface area contributed by atoms with Crippen LogP contribution < -0.4 is 16.4 Å². The first-order valence-electron chi connectivity index (χ1n) is 10.7. The summed E-state index contributed by atoms with van der Waals surface area (Å²) in [5, 5.41) is 5.62. The molecule has 9 nitrogen and oxygen atoms in total. The molecule has 1 aromatic carbocycles. The number of imide groups is 1. The number of benzene rings is 1. The van der Waals surface area contributed by atoms with Gasteiger partial charge in [-0.2, -0.15) is 0 Å². The number of rotatable bonds is 11. The van der Waals surface area contributed by atoms with Crippen LogP contribution in [0.1, 0.15) is 42.1 Å². The topological polar surface area (TPSA) is 123 Å². The Morgan fingerprint density at radius 3 is 2.68 bits per heavy atom. The second kappa shape index (κ2) is 11.0. The third kappa shape index (κ3) is 5.30. The third-order valence-corrected chi connectivity index (χ3v) is 5.15. The smallest absolute Gasteiger partial charge is 0.261 e. The van der Waals surface area contributed by atoms with Crippen LogP contribution in [0, 0.1) is 0 Å². The number of hydrogen-bond acceptors (Lipinski definition) is 7. The lowest BCUT2D eigenvalue weighted by Crippen LogP contribution is -2.52. The molecule has 168 valence electrons. The van der Waals surface area contributed by atoms with E-state index in [9.17, 15) is 14.4 Å². The molecule has 0 aromatic heterocycles. The predicted octanol–water partition coefficient (Wildman–Crippen LogP) is 1.10. The van der Waals surface area contributed by atoms with Crippen molar-refractivity contribution in [2.24, 2.45) is 5.73 Å². The van der Waals surface area contributed by atoms with Gasteiger partial charge in [0.05, 0.1) is 32.0 Å². The minimum atomic E-state index is -0.694. The highest BCUT2D eigenvalue weighted by atomic mass is 16.5. The number of fused-ring (bicyclic) bond motifs is 1. The van der Waals surface area contributed by atoms with Crippen LogP contribution in [0.15, 0.2) is 24.3 Å². The molecule has 1 aromatic rings. The molecule has 2 heterocycles. The van der Waals surface area contributed by atoms with Gasteiger partial charge in [0, 0.05) is 36.5 Å². The number of hydrogen-bond donors (Lipinski definition) is 3. The zero-order chi connectivity index (χ0) is 22.2. The van der Waals surface area contributed by atoms with E-state index in [-0.39, 0.29) is 18.2 Å². The molecular weight excluding hydrogens is 400 g/mol. The standard InChI is InChI=1S/C22H30N4O5/c1-2-4-17-15-5-3-6-16(24-10-12-31-14-13-30-11-9-23)20(15)22(29)26(17)18-7-8-19(27)25-21(18)28/h3-6,18,24H,2,7-14,23H2,1H3,(H,25,27,28)/b17-4-. The van der Waals surface area contributed by atoms with Crippen molar-refractivity contribution < 1.29 is 23.9 Å². The van der Waals surface area contributed by atoms with Crippen molar-refractivity contribution in [2.45, 2.75) is 32.2 Å². The Hall–Kier alpha value is -2.75. The highest BCUT2D eigenvalue weighted by Gasteiger charge is 2.43. The maximum absolute atomic E-state index is 13.4. The van der Waals surface area contributed by atoms with Gasteiger partial charge >= 0.3 is 0 Å². The molecule has 2 aliphatic rings. The lowest BCUT2D eigenvalue weighted by atomic mass is 10.0. The second-order valence-electron chi connectivity index (χ2n) is 7.31. The summed E-state index contributed by atoms with van der Waals surface area (Å²) in [4.78, 5) is 38.9. The first kappa shape index (κ1) is 22.9. The number of anilines is 1. The molecule has 3 rings (SSSR count). The Morgan fingerprint density at radius 2 is 1.97 bits per heavy atom. The molecular formula is C22H30N4O5. The zero-order valence-corrected chi connectivity index (χ0v) is 17.8. The largest absolute Gasteiger partial charge is 0.382 e. The van der Waals surface area contributed by atoms with Gasteiger partial charge in [0.1, 0.15) is 6.04 Å². The van der Waals surface area contributed by atoms with Gasteiger partial charge in [0.15, 0.2) is 0 Å². The minimum Gasteiger partial charge on any atom is -0.382 e. The van der Waals surface area contributed by atoms with Gasteiger partial charge in [0.2, 0.25) is 11.8 Å². The first-order valence-corrected chi connectivity index (χ1v) is 10.7. The molecule has 9 heteroatoms. The summed E-state index contributed by atoms with van der Waals surface area (Å²) in [6.07, 6.45) is 3.19. The van der Waals surface area contributed by atoms with Crippen molar-refractivity contribution in [3.63, 3.8) is 0 Å². The maximum atomic E-state index is 13.4. The van der Waals surface area contributed by atoms with Gasteiger partial charge in [-0.25, -0.2) is 0 Å². The van der Waals surface area contributed by atoms with Crippen LogP contribution >= 0.6 is 0 Å². The molecule has 1 unspecified atom stereocenters. The Bertz CT molecular complexity index is 854. The highest BCUT2D eigenvalue weighted by Crippen LogP contribution is 2.39. The molecule has 0 aliphatic carbocycles. The summed E-state index contributed by atoms with van der Waals surface area (Å²) in [5.74, 6) is -0.968. The summed E-state index contributed by atoms with van der Waals surface area (Å²) in [5.41, 5.74) is 8.11. The molecule has 0 radical (unpaired) electrons. The van der Waals surface area contributed by atoms with E-state index in [0.29, 0.717) is 69.3 Å². The predicted molar refractivity (Wildman–Crippen MR) is 116 cm³/mol. The van der Waals surface area contributed by atoms with Crippen molar-refractivity contribution in [1.82, 2.24) is 10.2 Å². The number of carbonyl (C=O) groups excluding carboxylic acids is 3. The quantitative estimate of drug-likeness (QED) is 0.355. The zero-order valence-electron chi connectivity index (χ0n) is 17.8. The SMILES string of the molecule is CC/C=C1/c2cccc(NCCOCCOCCN)c2C(=O)N1C1CCC(=O)NC1=O. The van der Waals surface area contributed by atoms with Crippen molar-refractivity contribution in [3.8, 4) is 0 Å². The molecule has 0 saturated carbocycles. The van der Waals surface area contributed by atoms with Gasteiger partial charge in [0.25, 0.3) is 5.91 Å². The molecule has 0 bridgehead atoms. The summed E-state index contributed by atoms with van der Waals surface area (Å²) in [6, 6.07) is 4.92. The van der Waals surface area contributed by atoms with E-state index in [0.717, 1.165) is 5.56 Å². The van der Waals surface area contributed by atoms with Gasteiger partial charge in [-0.3, -0.25) is 24.6 Å². The van der Waals surface area contributed by atoms with Gasteiger partial charge < -0.3 is 20.5 Å². The third-order valence-electron chi connectivity index (χ3n) is 5.15. The Balaban J connectivity index is 1.70. The van der Waals surface area contributed by atoms with E-state index >= 15 is 0 Å². The summed E-state index contributed by atoms with van der Waals surface area (Å²) >= 11 is 0. The van der Waals surface area contributed by atoms with E-state index in [2.05, 4.69) is 10.6 Å². The number of allylic oxidation sites excluding steroid dienone is 1. The normalized spacial score (nSPS) is 19.7. The average molecular weight is 431 g/mol. The molecule has 1 fully saturated rings. The summed E-state index contributed by atoms with van der Waals surface area (Å²) in [7, 11) is 0. The molecule has 1 saturated heterocycles. The van der Waals surface area contributed by atoms with E-state index in [1.165, 1.54) is 4.90 Å². The molecule has 0 spiro atoms. The van der Waals surface area contributed by atoms with Gasteiger partial charge in [-0.15, -0.1) is 0 Å². The van der Waals surface area contributed by atoms with E-state index in [1.807, 2.05) is 31.2 Å². The van der Waals surface area contributed by atoms with E-state index in [4.69, 9.17) is 15.2 Å². The maximum Gasteiger partial charge on any atom is 0.261 e. The van der Waals surface area contributed by atoms with E-state index < -0.39 is 11.9 Å². The lowest BCUT2D eigenvalue weighted by molar-refractivity contribution is -0.136. The molecule has 31 heavy (non-hydrogen) atoms. The first-order chi connectivity index (χ1) is 15.1. The number of nitrogens with zero attached hydrogens (tertiary/aromatic N) is 1. The van der Waals surface area contributed by atoms with Crippen LogP contribution in [0.2, 0.25) is 0 Å². The minimum absolute atomic E-state index is 0.216. The number of ether oxygens (including phenoxy) is 2. The van der Waals surface area contributed by atoms with Crippen LogP contribution in [0.4, 0.5) is 5.69 Å². The second-order valence-corrected chi connectivity index (χ2v) is 7.31. The molecule has 1 atom stereocenters. The molecule has 3 amide bonds. The van der Waals surface area contributed by atoms with E-state index in [1.54, 1.807) is 0 Å². The molecule has 4 N–H and O–H groups in total. The Kier molecular flexibility index (Phi) is 8.16. The van der Waals surface area contributed by atoms with Crippen LogP contribution in [0.25, 0.3) is 5.70 Å². The Morgan fingerprint density at radius 1 is 1.19 bits per heavy atom. The van der Waals surface area contributed by atoms with Gasteiger partial charge in [-0.05, 0) is 18.9 Å². The summed E-state index contributed by atoms with van der Waals surface area (Å²) in [6.45, 7) is 4.91. The number of nitrogens with two attached hydrogens (primary N) is 1. The van der Waals surface area contributed by atoms with Gasteiger partial charge in [-0.1, -0.05) is 25.1 Å². The number of amides is 3. The van der Waals surface area contributed by atoms with Crippen molar-refractivity contribution in [1.29, 1.82) is 0 Å². The van der Waals surface area contributed by atoms with Crippen LogP contribution in [0.5, 0.6) is 0 Å². The fourth-order valence-corrected chi connectivity index (χ4v) is 3.81. The lowest BCUT2D eigenvalue weighted by Gasteiger charge is -2.30. The van der Waals surface area contributed by atoms with Crippen molar-refractivity contribution in [2.75, 3.05) is 44.8 Å². The van der Waals surface area contributed by atoms with Crippen molar-refractivity contribution >= 4 is 29.1 Å². The number of carbonyl (C=O) groups is 3. The van der Waals surface area contributed by atoms with Crippen LogP contribution in [-0.2, 0) is 19.1 Å². The van der Waals surface area contributed by atoms with Crippen LogP contribution in [0.3, 0.4) is 0 Å². The monoisotopic (exact) mass is 430 g/mol. The fraction of sp³-hybridized carbons (Fsp3) is 0.500. The van der Waals surface area contributed by atoms with Crippen molar-refractivity contribution in [3.05, 3.63) is 35.4 Å². The average Bonchev–Trinajstić information content (AvgIpc) is 3.03. The molecule has 2 aliphatic heterocycles. The highest BCUT2D eigenvalue weighted by molar-refractivity contribution is 6.15. The summed E-state index contributed by atoms with van der Waals surface area (Å²) < 4.78 is 10.8. The van der Waals surface area contributed by atoms with Crippen LogP contribution in [-0.4, -0.2) is 68.2 Å². The number of nitrogens with one attached hydrogen (secondary N) is 2.